The maximum Gasteiger partial charge on any atom is 0.324 e. The number of aliphatic hydroxyl groups is 1. The standard InChI is InChI=1S/C11H13NO5S/c13-8-10(11(14)15)12-18(16,17)7-6-9-4-2-1-3-5-9/h1-7,10,12-13H,8H2,(H,14,15)/b7-6+/t10-/m0/s1. The summed E-state index contributed by atoms with van der Waals surface area (Å²) in [6.45, 7) is -0.812. The summed E-state index contributed by atoms with van der Waals surface area (Å²) in [5.74, 6) is -1.44. The Morgan fingerprint density at radius 3 is 2.44 bits per heavy atom. The summed E-state index contributed by atoms with van der Waals surface area (Å²) >= 11 is 0. The first-order valence-corrected chi connectivity index (χ1v) is 6.58. The van der Waals surface area contributed by atoms with Gasteiger partial charge in [0.25, 0.3) is 0 Å². The molecular formula is C11H13NO5S. The number of benzene rings is 1. The van der Waals surface area contributed by atoms with E-state index in [1.807, 2.05) is 4.72 Å². The predicted molar refractivity (Wildman–Crippen MR) is 66.0 cm³/mol. The summed E-state index contributed by atoms with van der Waals surface area (Å²) in [5, 5.41) is 18.2. The Bertz CT molecular complexity index is 524. The molecule has 0 aromatic heterocycles. The van der Waals surface area contributed by atoms with E-state index in [2.05, 4.69) is 0 Å². The third-order valence-electron chi connectivity index (χ3n) is 2.03. The van der Waals surface area contributed by atoms with Crippen molar-refractivity contribution in [3.63, 3.8) is 0 Å². The van der Waals surface area contributed by atoms with E-state index in [1.165, 1.54) is 6.08 Å². The van der Waals surface area contributed by atoms with Crippen LogP contribution in [0, 0.1) is 0 Å². The lowest BCUT2D eigenvalue weighted by Gasteiger charge is -2.09. The normalized spacial score (nSPS) is 13.6. The van der Waals surface area contributed by atoms with Gasteiger partial charge in [0.15, 0.2) is 0 Å². The van der Waals surface area contributed by atoms with Crippen molar-refractivity contribution < 1.29 is 23.4 Å². The molecule has 0 bridgehead atoms. The van der Waals surface area contributed by atoms with Gasteiger partial charge in [-0.1, -0.05) is 30.3 Å². The Balaban J connectivity index is 2.77. The summed E-state index contributed by atoms with van der Waals surface area (Å²) in [4.78, 5) is 10.6. The van der Waals surface area contributed by atoms with E-state index in [9.17, 15) is 13.2 Å². The van der Waals surface area contributed by atoms with Crippen LogP contribution in [0.25, 0.3) is 6.08 Å². The molecule has 1 atom stereocenters. The summed E-state index contributed by atoms with van der Waals surface area (Å²) < 4.78 is 24.9. The van der Waals surface area contributed by atoms with E-state index in [4.69, 9.17) is 10.2 Å². The second kappa shape index (κ2) is 6.29. The van der Waals surface area contributed by atoms with E-state index in [0.717, 1.165) is 5.41 Å². The van der Waals surface area contributed by atoms with Gasteiger partial charge in [0.2, 0.25) is 10.0 Å². The molecule has 3 N–H and O–H groups in total. The van der Waals surface area contributed by atoms with Crippen LogP contribution in [-0.4, -0.2) is 37.2 Å². The molecule has 0 amide bonds. The third-order valence-corrected chi connectivity index (χ3v) is 3.13. The lowest BCUT2D eigenvalue weighted by Crippen LogP contribution is -2.42. The monoisotopic (exact) mass is 271 g/mol. The fourth-order valence-electron chi connectivity index (χ4n) is 1.14. The summed E-state index contributed by atoms with van der Waals surface area (Å²) in [6.07, 6.45) is 1.33. The second-order valence-corrected chi connectivity index (χ2v) is 5.05. The number of nitrogens with one attached hydrogen (secondary N) is 1. The van der Waals surface area contributed by atoms with Crippen molar-refractivity contribution in [1.82, 2.24) is 4.72 Å². The van der Waals surface area contributed by atoms with E-state index in [-0.39, 0.29) is 0 Å². The van der Waals surface area contributed by atoms with Crippen LogP contribution in [0.5, 0.6) is 0 Å². The van der Waals surface area contributed by atoms with Crippen LogP contribution in [0.15, 0.2) is 35.7 Å². The lowest BCUT2D eigenvalue weighted by molar-refractivity contribution is -0.139. The number of sulfonamides is 1. The van der Waals surface area contributed by atoms with Crippen molar-refractivity contribution in [3.8, 4) is 0 Å². The predicted octanol–water partition coefficient (Wildman–Crippen LogP) is 0.0222. The van der Waals surface area contributed by atoms with Crippen molar-refractivity contribution >= 4 is 22.1 Å². The van der Waals surface area contributed by atoms with Crippen molar-refractivity contribution in [2.45, 2.75) is 6.04 Å². The van der Waals surface area contributed by atoms with Crippen LogP contribution >= 0.6 is 0 Å². The van der Waals surface area contributed by atoms with Gasteiger partial charge in [0.1, 0.15) is 6.04 Å². The minimum absolute atomic E-state index is 0.666. The highest BCUT2D eigenvalue weighted by molar-refractivity contribution is 7.92. The Kier molecular flexibility index (Phi) is 5.02. The van der Waals surface area contributed by atoms with Gasteiger partial charge >= 0.3 is 5.97 Å². The number of rotatable bonds is 6. The first kappa shape index (κ1) is 14.4. The van der Waals surface area contributed by atoms with E-state index in [0.29, 0.717) is 5.56 Å². The second-order valence-electron chi connectivity index (χ2n) is 3.45. The molecule has 18 heavy (non-hydrogen) atoms. The number of aliphatic carboxylic acids is 1. The highest BCUT2D eigenvalue weighted by atomic mass is 32.2. The SMILES string of the molecule is O=C(O)[C@H](CO)NS(=O)(=O)/C=C/c1ccccc1. The highest BCUT2D eigenvalue weighted by Gasteiger charge is 2.21. The van der Waals surface area contributed by atoms with Gasteiger partial charge < -0.3 is 10.2 Å². The van der Waals surface area contributed by atoms with Gasteiger partial charge in [0.05, 0.1) is 6.61 Å². The van der Waals surface area contributed by atoms with Gasteiger partial charge in [-0.3, -0.25) is 4.79 Å². The summed E-state index contributed by atoms with van der Waals surface area (Å²) in [7, 11) is -3.91. The molecule has 0 spiro atoms. The zero-order valence-electron chi connectivity index (χ0n) is 9.35. The number of carboxylic acids is 1. The fourth-order valence-corrected chi connectivity index (χ4v) is 2.12. The van der Waals surface area contributed by atoms with Crippen LogP contribution < -0.4 is 4.72 Å². The third kappa shape index (κ3) is 4.66. The van der Waals surface area contributed by atoms with Gasteiger partial charge in [-0.2, -0.15) is 4.72 Å². The van der Waals surface area contributed by atoms with E-state index < -0.39 is 28.6 Å². The lowest BCUT2D eigenvalue weighted by atomic mass is 10.2. The number of carbonyl (C=O) groups is 1. The van der Waals surface area contributed by atoms with Gasteiger partial charge in [0, 0.05) is 5.41 Å². The molecule has 1 aromatic carbocycles. The van der Waals surface area contributed by atoms with Gasteiger partial charge in [-0.15, -0.1) is 0 Å². The Morgan fingerprint density at radius 1 is 1.33 bits per heavy atom. The smallest absolute Gasteiger partial charge is 0.324 e. The number of carboxylic acid groups (broad SMARTS) is 1. The topological polar surface area (TPSA) is 104 Å². The minimum atomic E-state index is -3.91. The quantitative estimate of drug-likeness (QED) is 0.677. The molecule has 0 aliphatic rings. The molecule has 0 aliphatic carbocycles. The largest absolute Gasteiger partial charge is 0.480 e. The molecule has 7 heteroatoms. The maximum absolute atomic E-state index is 11.5. The molecule has 98 valence electrons. The van der Waals surface area contributed by atoms with Crippen molar-refractivity contribution in [1.29, 1.82) is 0 Å². The molecule has 0 radical (unpaired) electrons. The Morgan fingerprint density at radius 2 is 1.94 bits per heavy atom. The molecule has 0 saturated heterocycles. The molecule has 0 saturated carbocycles. The molecule has 0 unspecified atom stereocenters. The Hall–Kier alpha value is -1.70. The minimum Gasteiger partial charge on any atom is -0.480 e. The van der Waals surface area contributed by atoms with E-state index in [1.54, 1.807) is 30.3 Å². The zero-order chi connectivity index (χ0) is 13.6. The van der Waals surface area contributed by atoms with Crippen molar-refractivity contribution in [2.24, 2.45) is 0 Å². The van der Waals surface area contributed by atoms with Crippen LogP contribution in [0.3, 0.4) is 0 Å². The van der Waals surface area contributed by atoms with Crippen LogP contribution in [-0.2, 0) is 14.8 Å². The van der Waals surface area contributed by atoms with Crippen molar-refractivity contribution in [2.75, 3.05) is 6.61 Å². The number of hydrogen-bond acceptors (Lipinski definition) is 4. The zero-order valence-corrected chi connectivity index (χ0v) is 10.2. The molecule has 0 aliphatic heterocycles. The maximum atomic E-state index is 11.5. The average Bonchev–Trinajstić information content (AvgIpc) is 2.35. The highest BCUT2D eigenvalue weighted by Crippen LogP contribution is 2.03. The molecule has 6 nitrogen and oxygen atoms in total. The summed E-state index contributed by atoms with van der Waals surface area (Å²) in [5.41, 5.74) is 0.666. The number of aliphatic hydroxyl groups excluding tert-OH is 1. The van der Waals surface area contributed by atoms with Crippen molar-refractivity contribution in [3.05, 3.63) is 41.3 Å². The molecule has 0 heterocycles. The van der Waals surface area contributed by atoms with Crippen LogP contribution in [0.4, 0.5) is 0 Å². The van der Waals surface area contributed by atoms with E-state index >= 15 is 0 Å². The summed E-state index contributed by atoms with van der Waals surface area (Å²) in [6, 6.07) is 7.13. The molecule has 1 rings (SSSR count). The number of hydrogen-bond donors (Lipinski definition) is 3. The fraction of sp³-hybridized carbons (Fsp3) is 0.182. The van der Waals surface area contributed by atoms with Crippen LogP contribution in [0.2, 0.25) is 0 Å². The van der Waals surface area contributed by atoms with Crippen LogP contribution in [0.1, 0.15) is 5.56 Å². The van der Waals surface area contributed by atoms with Gasteiger partial charge in [-0.05, 0) is 11.6 Å². The van der Waals surface area contributed by atoms with Gasteiger partial charge in [-0.25, -0.2) is 8.42 Å². The molecule has 0 fully saturated rings. The first-order chi connectivity index (χ1) is 8.44. The average molecular weight is 271 g/mol. The molecular weight excluding hydrogens is 258 g/mol. The Labute approximate surface area is 105 Å². The first-order valence-electron chi connectivity index (χ1n) is 5.04. The molecule has 1 aromatic rings.